The van der Waals surface area contributed by atoms with E-state index in [1.807, 2.05) is 50.4 Å². The lowest BCUT2D eigenvalue weighted by Crippen LogP contribution is -1.92. The van der Waals surface area contributed by atoms with Crippen LogP contribution in [0.25, 0.3) is 28.0 Å². The van der Waals surface area contributed by atoms with E-state index in [4.69, 9.17) is 4.42 Å². The average Bonchev–Trinajstić information content (AvgIpc) is 2.97. The molecule has 0 unspecified atom stereocenters. The zero-order valence-corrected chi connectivity index (χ0v) is 11.2. The van der Waals surface area contributed by atoms with E-state index in [0.29, 0.717) is 5.89 Å². The molecule has 0 fully saturated rings. The number of fused-ring (bicyclic) bond motifs is 2. The third-order valence-electron chi connectivity index (χ3n) is 3.23. The summed E-state index contributed by atoms with van der Waals surface area (Å²) in [6.45, 7) is 3.80. The van der Waals surface area contributed by atoms with Crippen molar-refractivity contribution < 1.29 is 4.42 Å². The van der Waals surface area contributed by atoms with Gasteiger partial charge in [-0.1, -0.05) is 6.07 Å². The van der Waals surface area contributed by atoms with Crippen molar-refractivity contribution in [3.63, 3.8) is 0 Å². The van der Waals surface area contributed by atoms with E-state index in [0.717, 1.165) is 33.7 Å². The summed E-state index contributed by atoms with van der Waals surface area (Å²) in [7, 11) is 0. The van der Waals surface area contributed by atoms with Crippen LogP contribution in [0.2, 0.25) is 0 Å². The number of imidazole rings is 1. The Balaban J connectivity index is 1.90. The molecule has 0 saturated heterocycles. The summed E-state index contributed by atoms with van der Waals surface area (Å²) in [5, 5.41) is 4.57. The minimum atomic E-state index is 0.672. The van der Waals surface area contributed by atoms with Crippen LogP contribution in [0.4, 0.5) is 0 Å². The molecule has 0 spiro atoms. The smallest absolute Gasteiger partial charge is 0.192 e. The first-order valence-corrected chi connectivity index (χ1v) is 6.40. The third kappa shape index (κ3) is 1.67. The second-order valence-corrected chi connectivity index (χ2v) is 4.82. The lowest BCUT2D eigenvalue weighted by atomic mass is 10.1. The molecule has 0 amide bonds. The Bertz CT molecular complexity index is 858. The van der Waals surface area contributed by atoms with Gasteiger partial charge in [-0.15, -0.1) is 0 Å². The van der Waals surface area contributed by atoms with Crippen molar-refractivity contribution in [2.75, 3.05) is 0 Å². The van der Waals surface area contributed by atoms with Gasteiger partial charge in [-0.25, -0.2) is 14.5 Å². The molecule has 98 valence electrons. The molecule has 0 N–H and O–H groups in total. The van der Waals surface area contributed by atoms with Gasteiger partial charge in [0.25, 0.3) is 0 Å². The Hall–Kier alpha value is -2.69. The Morgan fingerprint density at radius 2 is 1.95 bits per heavy atom. The summed E-state index contributed by atoms with van der Waals surface area (Å²) in [5.41, 5.74) is 5.33. The number of aromatic nitrogens is 4. The number of oxazole rings is 1. The summed E-state index contributed by atoms with van der Waals surface area (Å²) in [4.78, 5) is 8.67. The highest BCUT2D eigenvalue weighted by Crippen LogP contribution is 2.23. The topological polar surface area (TPSA) is 56.2 Å². The highest BCUT2D eigenvalue weighted by Gasteiger charge is 2.07. The van der Waals surface area contributed by atoms with Gasteiger partial charge in [0.1, 0.15) is 5.52 Å². The molecule has 4 rings (SSSR count). The molecule has 0 bridgehead atoms. The fourth-order valence-corrected chi connectivity index (χ4v) is 2.35. The van der Waals surface area contributed by atoms with E-state index in [2.05, 4.69) is 15.1 Å². The summed E-state index contributed by atoms with van der Waals surface area (Å²) >= 11 is 0. The maximum atomic E-state index is 5.56. The molecule has 0 aliphatic rings. The van der Waals surface area contributed by atoms with Gasteiger partial charge < -0.3 is 4.42 Å². The number of nitrogens with zero attached hydrogens (tertiary/aromatic N) is 4. The molecule has 0 aliphatic carbocycles. The predicted molar refractivity (Wildman–Crippen MR) is 75.5 cm³/mol. The van der Waals surface area contributed by atoms with Crippen LogP contribution in [0.3, 0.4) is 0 Å². The van der Waals surface area contributed by atoms with Gasteiger partial charge in [-0.05, 0) is 31.2 Å². The third-order valence-corrected chi connectivity index (χ3v) is 3.23. The minimum absolute atomic E-state index is 0.672. The number of hydrogen-bond donors (Lipinski definition) is 0. The Morgan fingerprint density at radius 1 is 1.05 bits per heavy atom. The zero-order valence-electron chi connectivity index (χ0n) is 11.2. The summed E-state index contributed by atoms with van der Waals surface area (Å²) in [6.07, 6.45) is 1.91. The second kappa shape index (κ2) is 3.90. The quantitative estimate of drug-likeness (QED) is 0.530. The van der Waals surface area contributed by atoms with E-state index in [-0.39, 0.29) is 0 Å². The molecule has 0 saturated carbocycles. The molecule has 1 aromatic carbocycles. The number of aryl methyl sites for hydroxylation is 2. The van der Waals surface area contributed by atoms with Crippen molar-refractivity contribution in [1.82, 2.24) is 19.6 Å². The number of hydrogen-bond acceptors (Lipinski definition) is 4. The first-order chi connectivity index (χ1) is 9.69. The first kappa shape index (κ1) is 11.2. The van der Waals surface area contributed by atoms with Crippen LogP contribution >= 0.6 is 0 Å². The maximum Gasteiger partial charge on any atom is 0.192 e. The van der Waals surface area contributed by atoms with Gasteiger partial charge >= 0.3 is 0 Å². The van der Waals surface area contributed by atoms with Crippen molar-refractivity contribution in [2.45, 2.75) is 13.8 Å². The SMILES string of the molecule is Cc1cn2nc(-c3ccc4nc(C)oc4c3)ccc2n1. The van der Waals surface area contributed by atoms with Gasteiger partial charge in [-0.2, -0.15) is 5.10 Å². The minimum Gasteiger partial charge on any atom is -0.441 e. The van der Waals surface area contributed by atoms with Crippen LogP contribution in [-0.4, -0.2) is 19.6 Å². The summed E-state index contributed by atoms with van der Waals surface area (Å²) < 4.78 is 7.36. The van der Waals surface area contributed by atoms with Crippen molar-refractivity contribution >= 4 is 16.7 Å². The van der Waals surface area contributed by atoms with Crippen molar-refractivity contribution in [3.05, 3.63) is 48.1 Å². The van der Waals surface area contributed by atoms with Gasteiger partial charge in [0.15, 0.2) is 17.1 Å². The van der Waals surface area contributed by atoms with Crippen LogP contribution in [0.15, 0.2) is 40.9 Å². The van der Waals surface area contributed by atoms with E-state index in [9.17, 15) is 0 Å². The molecule has 0 aliphatic heterocycles. The van der Waals surface area contributed by atoms with Crippen LogP contribution in [0, 0.1) is 13.8 Å². The van der Waals surface area contributed by atoms with Crippen molar-refractivity contribution in [2.24, 2.45) is 0 Å². The van der Waals surface area contributed by atoms with E-state index in [1.54, 1.807) is 4.52 Å². The fraction of sp³-hybridized carbons (Fsp3) is 0.133. The van der Waals surface area contributed by atoms with Gasteiger partial charge in [0, 0.05) is 12.5 Å². The van der Waals surface area contributed by atoms with E-state index < -0.39 is 0 Å². The Kier molecular flexibility index (Phi) is 2.18. The monoisotopic (exact) mass is 264 g/mol. The maximum absolute atomic E-state index is 5.56. The number of rotatable bonds is 1. The largest absolute Gasteiger partial charge is 0.441 e. The van der Waals surface area contributed by atoms with Crippen LogP contribution < -0.4 is 0 Å². The molecule has 3 aromatic heterocycles. The molecule has 0 radical (unpaired) electrons. The molecule has 20 heavy (non-hydrogen) atoms. The lowest BCUT2D eigenvalue weighted by molar-refractivity contribution is 0.561. The van der Waals surface area contributed by atoms with Crippen molar-refractivity contribution in [1.29, 1.82) is 0 Å². The van der Waals surface area contributed by atoms with Crippen molar-refractivity contribution in [3.8, 4) is 11.3 Å². The molecule has 5 heteroatoms. The Labute approximate surface area is 114 Å². The molecule has 3 heterocycles. The summed E-state index contributed by atoms with van der Waals surface area (Å²) in [6, 6.07) is 9.85. The first-order valence-electron chi connectivity index (χ1n) is 6.40. The second-order valence-electron chi connectivity index (χ2n) is 4.82. The molecule has 5 nitrogen and oxygen atoms in total. The van der Waals surface area contributed by atoms with Crippen LogP contribution in [0.5, 0.6) is 0 Å². The molecule has 4 aromatic rings. The van der Waals surface area contributed by atoms with Crippen LogP contribution in [0.1, 0.15) is 11.6 Å². The zero-order chi connectivity index (χ0) is 13.7. The lowest BCUT2D eigenvalue weighted by Gasteiger charge is -2.01. The average molecular weight is 264 g/mol. The van der Waals surface area contributed by atoms with E-state index >= 15 is 0 Å². The summed E-state index contributed by atoms with van der Waals surface area (Å²) in [5.74, 6) is 0.672. The highest BCUT2D eigenvalue weighted by atomic mass is 16.3. The Morgan fingerprint density at radius 3 is 2.85 bits per heavy atom. The molecular formula is C15H12N4O. The normalized spacial score (nSPS) is 11.5. The van der Waals surface area contributed by atoms with E-state index in [1.165, 1.54) is 0 Å². The molecular weight excluding hydrogens is 252 g/mol. The fourth-order valence-electron chi connectivity index (χ4n) is 2.35. The van der Waals surface area contributed by atoms with Gasteiger partial charge in [0.05, 0.1) is 17.6 Å². The predicted octanol–water partition coefficient (Wildman–Crippen LogP) is 3.15. The standard InChI is InChI=1S/C15H12N4O/c1-9-8-19-15(16-9)6-5-12(18-19)11-3-4-13-14(7-11)20-10(2)17-13/h3-8H,1-2H3. The number of benzene rings is 1. The highest BCUT2D eigenvalue weighted by molar-refractivity contribution is 5.79. The van der Waals surface area contributed by atoms with Gasteiger partial charge in [0.2, 0.25) is 0 Å². The van der Waals surface area contributed by atoms with Crippen LogP contribution in [-0.2, 0) is 0 Å². The van der Waals surface area contributed by atoms with Gasteiger partial charge in [-0.3, -0.25) is 0 Å². The molecule has 0 atom stereocenters.